The molecule has 0 aliphatic heterocycles. The quantitative estimate of drug-likeness (QED) is 0.391. The SMILES string of the molecule is CC(C)[C@H](NS(=O)(=O)c1ccccc1F)C(=O)OCCOc1ccc(S(N)(=O)=O)cc1. The molecule has 0 amide bonds. The molecule has 0 fully saturated rings. The van der Waals surface area contributed by atoms with E-state index in [-0.39, 0.29) is 18.1 Å². The number of nitrogens with one attached hydrogen (secondary N) is 1. The van der Waals surface area contributed by atoms with Crippen LogP contribution in [0.3, 0.4) is 0 Å². The van der Waals surface area contributed by atoms with E-state index in [0.717, 1.165) is 12.1 Å². The summed E-state index contributed by atoms with van der Waals surface area (Å²) in [6, 6.07) is 8.89. The monoisotopic (exact) mass is 474 g/mol. The second-order valence-electron chi connectivity index (χ2n) is 6.81. The van der Waals surface area contributed by atoms with E-state index in [1.165, 1.54) is 36.4 Å². The third-order valence-electron chi connectivity index (χ3n) is 4.08. The number of hydrogen-bond donors (Lipinski definition) is 2. The fourth-order valence-corrected chi connectivity index (χ4v) is 4.39. The smallest absolute Gasteiger partial charge is 0.324 e. The molecule has 12 heteroatoms. The fourth-order valence-electron chi connectivity index (χ4n) is 2.47. The molecule has 0 heterocycles. The summed E-state index contributed by atoms with van der Waals surface area (Å²) in [5, 5.41) is 5.01. The third-order valence-corrected chi connectivity index (χ3v) is 6.48. The molecule has 0 saturated heterocycles. The Morgan fingerprint density at radius 3 is 2.19 bits per heavy atom. The van der Waals surface area contributed by atoms with Crippen LogP contribution in [0.2, 0.25) is 0 Å². The summed E-state index contributed by atoms with van der Waals surface area (Å²) in [5.74, 6) is -1.93. The van der Waals surface area contributed by atoms with Crippen LogP contribution >= 0.6 is 0 Å². The standard InChI is InChI=1S/C19H23FN2O7S2/c1-13(2)18(22-31(26,27)17-6-4-3-5-16(17)20)19(23)29-12-11-28-14-7-9-15(10-8-14)30(21,24)25/h3-10,13,18,22H,11-12H2,1-2H3,(H2,21,24,25)/t18-/m0/s1. The molecule has 9 nitrogen and oxygen atoms in total. The first-order chi connectivity index (χ1) is 14.4. The van der Waals surface area contributed by atoms with Crippen molar-refractivity contribution in [2.24, 2.45) is 11.1 Å². The van der Waals surface area contributed by atoms with Gasteiger partial charge in [0.2, 0.25) is 20.0 Å². The highest BCUT2D eigenvalue weighted by molar-refractivity contribution is 7.89. The number of rotatable bonds is 10. The van der Waals surface area contributed by atoms with Crippen LogP contribution in [-0.2, 0) is 29.6 Å². The number of nitrogens with two attached hydrogens (primary N) is 1. The maximum Gasteiger partial charge on any atom is 0.324 e. The van der Waals surface area contributed by atoms with Gasteiger partial charge in [-0.15, -0.1) is 0 Å². The van der Waals surface area contributed by atoms with Crippen LogP contribution in [0.5, 0.6) is 5.75 Å². The van der Waals surface area contributed by atoms with Crippen molar-refractivity contribution in [3.05, 3.63) is 54.3 Å². The highest BCUT2D eigenvalue weighted by Crippen LogP contribution is 2.17. The molecule has 0 radical (unpaired) electrons. The lowest BCUT2D eigenvalue weighted by atomic mass is 10.1. The number of carbonyl (C=O) groups is 1. The molecule has 170 valence electrons. The Balaban J connectivity index is 1.93. The van der Waals surface area contributed by atoms with Crippen LogP contribution in [0.15, 0.2) is 58.3 Å². The predicted octanol–water partition coefficient (Wildman–Crippen LogP) is 1.40. The molecule has 2 aromatic carbocycles. The Bertz CT molecular complexity index is 1120. The normalized spacial score (nSPS) is 13.1. The van der Waals surface area contributed by atoms with Crippen molar-refractivity contribution in [3.8, 4) is 5.75 Å². The lowest BCUT2D eigenvalue weighted by Gasteiger charge is -2.21. The number of halogens is 1. The number of esters is 1. The summed E-state index contributed by atoms with van der Waals surface area (Å²) in [5.41, 5.74) is 0. The molecule has 2 aromatic rings. The maximum atomic E-state index is 13.8. The van der Waals surface area contributed by atoms with Crippen molar-refractivity contribution in [3.63, 3.8) is 0 Å². The van der Waals surface area contributed by atoms with Gasteiger partial charge in [-0.3, -0.25) is 4.79 Å². The highest BCUT2D eigenvalue weighted by Gasteiger charge is 2.30. The van der Waals surface area contributed by atoms with Gasteiger partial charge in [0.05, 0.1) is 4.90 Å². The topological polar surface area (TPSA) is 142 Å². The van der Waals surface area contributed by atoms with Gasteiger partial charge in [0.1, 0.15) is 35.7 Å². The summed E-state index contributed by atoms with van der Waals surface area (Å²) in [6.07, 6.45) is 0. The van der Waals surface area contributed by atoms with E-state index in [2.05, 4.69) is 4.72 Å². The number of hydrogen-bond acceptors (Lipinski definition) is 7. The lowest BCUT2D eigenvalue weighted by Crippen LogP contribution is -2.45. The Morgan fingerprint density at radius 1 is 1.03 bits per heavy atom. The van der Waals surface area contributed by atoms with Gasteiger partial charge in [0, 0.05) is 0 Å². The van der Waals surface area contributed by atoms with Gasteiger partial charge in [0.15, 0.2) is 0 Å². The molecule has 0 saturated carbocycles. The number of benzene rings is 2. The van der Waals surface area contributed by atoms with E-state index in [1.807, 2.05) is 0 Å². The van der Waals surface area contributed by atoms with Gasteiger partial charge >= 0.3 is 5.97 Å². The first kappa shape index (κ1) is 24.7. The van der Waals surface area contributed by atoms with Crippen LogP contribution in [0.1, 0.15) is 13.8 Å². The number of ether oxygens (including phenoxy) is 2. The molecule has 0 unspecified atom stereocenters. The van der Waals surface area contributed by atoms with Crippen LogP contribution in [0.4, 0.5) is 4.39 Å². The third kappa shape index (κ3) is 6.99. The largest absolute Gasteiger partial charge is 0.490 e. The summed E-state index contributed by atoms with van der Waals surface area (Å²) in [6.45, 7) is 2.96. The van der Waals surface area contributed by atoms with E-state index >= 15 is 0 Å². The van der Waals surface area contributed by atoms with Gasteiger partial charge in [0.25, 0.3) is 0 Å². The Morgan fingerprint density at radius 2 is 1.65 bits per heavy atom. The van der Waals surface area contributed by atoms with Crippen LogP contribution in [0.25, 0.3) is 0 Å². The molecular weight excluding hydrogens is 451 g/mol. The summed E-state index contributed by atoms with van der Waals surface area (Å²) in [7, 11) is -8.10. The first-order valence-electron chi connectivity index (χ1n) is 9.11. The molecule has 0 spiro atoms. The second kappa shape index (κ2) is 10.2. The van der Waals surface area contributed by atoms with Crippen molar-refractivity contribution in [2.75, 3.05) is 13.2 Å². The molecule has 0 aromatic heterocycles. The van der Waals surface area contributed by atoms with Gasteiger partial charge in [-0.2, -0.15) is 4.72 Å². The number of carbonyl (C=O) groups excluding carboxylic acids is 1. The van der Waals surface area contributed by atoms with E-state index in [0.29, 0.717) is 5.75 Å². The summed E-state index contributed by atoms with van der Waals surface area (Å²) < 4.78 is 73.8. The van der Waals surface area contributed by atoms with Crippen molar-refractivity contribution in [1.29, 1.82) is 0 Å². The molecule has 1 atom stereocenters. The van der Waals surface area contributed by atoms with Crippen molar-refractivity contribution in [2.45, 2.75) is 29.7 Å². The summed E-state index contributed by atoms with van der Waals surface area (Å²) >= 11 is 0. The minimum atomic E-state index is -4.29. The molecular formula is C19H23FN2O7S2. The molecule has 2 rings (SSSR count). The molecule has 0 aliphatic rings. The van der Waals surface area contributed by atoms with Crippen LogP contribution < -0.4 is 14.6 Å². The second-order valence-corrected chi connectivity index (χ2v) is 10.0. The van der Waals surface area contributed by atoms with E-state index in [1.54, 1.807) is 13.8 Å². The zero-order valence-corrected chi connectivity index (χ0v) is 18.5. The predicted molar refractivity (Wildman–Crippen MR) is 110 cm³/mol. The first-order valence-corrected chi connectivity index (χ1v) is 12.1. The van der Waals surface area contributed by atoms with Crippen LogP contribution in [-0.4, -0.2) is 42.1 Å². The maximum absolute atomic E-state index is 13.8. The van der Waals surface area contributed by atoms with E-state index in [9.17, 15) is 26.0 Å². The number of primary sulfonamides is 1. The lowest BCUT2D eigenvalue weighted by molar-refractivity contribution is -0.147. The summed E-state index contributed by atoms with van der Waals surface area (Å²) in [4.78, 5) is 11.7. The van der Waals surface area contributed by atoms with Crippen molar-refractivity contribution >= 4 is 26.0 Å². The van der Waals surface area contributed by atoms with Crippen LogP contribution in [0, 0.1) is 11.7 Å². The average molecular weight is 475 g/mol. The minimum Gasteiger partial charge on any atom is -0.490 e. The van der Waals surface area contributed by atoms with Gasteiger partial charge in [-0.25, -0.2) is 26.4 Å². The van der Waals surface area contributed by atoms with Gasteiger partial charge < -0.3 is 9.47 Å². The Kier molecular flexibility index (Phi) is 8.12. The molecule has 31 heavy (non-hydrogen) atoms. The van der Waals surface area contributed by atoms with Crippen molar-refractivity contribution < 1.29 is 35.5 Å². The van der Waals surface area contributed by atoms with Gasteiger partial charge in [-0.05, 0) is 42.3 Å². The van der Waals surface area contributed by atoms with E-state index in [4.69, 9.17) is 14.6 Å². The van der Waals surface area contributed by atoms with Gasteiger partial charge in [-0.1, -0.05) is 26.0 Å². The Labute approximate surface area is 180 Å². The fraction of sp³-hybridized carbons (Fsp3) is 0.316. The number of sulfonamides is 2. The zero-order valence-electron chi connectivity index (χ0n) is 16.8. The Hall–Kier alpha value is -2.54. The molecule has 3 N–H and O–H groups in total. The molecule has 0 bridgehead atoms. The van der Waals surface area contributed by atoms with Crippen molar-refractivity contribution in [1.82, 2.24) is 4.72 Å². The highest BCUT2D eigenvalue weighted by atomic mass is 32.2. The molecule has 0 aliphatic carbocycles. The zero-order chi connectivity index (χ0) is 23.2. The average Bonchev–Trinajstić information content (AvgIpc) is 2.69. The minimum absolute atomic E-state index is 0.0641. The van der Waals surface area contributed by atoms with E-state index < -0.39 is 48.7 Å².